The fourth-order valence-corrected chi connectivity index (χ4v) is 6.97. The van der Waals surface area contributed by atoms with E-state index in [0.717, 1.165) is 66.3 Å². The van der Waals surface area contributed by atoms with Gasteiger partial charge in [-0.1, -0.05) is 36.4 Å². The molecule has 0 spiro atoms. The van der Waals surface area contributed by atoms with Gasteiger partial charge < -0.3 is 39.9 Å². The van der Waals surface area contributed by atoms with Gasteiger partial charge in [-0.15, -0.1) is 0 Å². The highest BCUT2D eigenvalue weighted by Gasteiger charge is 2.26. The number of nitrogens with zero attached hydrogens (tertiary/aromatic N) is 4. The summed E-state index contributed by atoms with van der Waals surface area (Å²) in [6.07, 6.45) is 8.53. The number of imidazole rings is 2. The number of nitrogens with two attached hydrogens (primary N) is 1. The predicted octanol–water partition coefficient (Wildman–Crippen LogP) is 4.58. The molecule has 0 saturated carbocycles. The first kappa shape index (κ1) is 38.7. The molecule has 14 heteroatoms. The minimum atomic E-state index is -0.985. The van der Waals surface area contributed by atoms with Crippen LogP contribution in [0.1, 0.15) is 73.4 Å². The third-order valence-electron chi connectivity index (χ3n) is 9.61. The number of carboxylic acid groups (broad SMARTS) is 2. The van der Waals surface area contributed by atoms with E-state index in [9.17, 15) is 29.4 Å². The lowest BCUT2D eigenvalue weighted by atomic mass is 9.94. The van der Waals surface area contributed by atoms with E-state index in [4.69, 9.17) is 15.2 Å². The molecule has 4 aromatic rings. The molecule has 282 valence electrons. The first-order valence-corrected chi connectivity index (χ1v) is 18.1. The average molecular weight is 729 g/mol. The Labute approximate surface area is 308 Å². The highest BCUT2D eigenvalue weighted by atomic mass is 16.7. The number of nitrogens with one attached hydrogen (secondary N) is 1. The Bertz CT molecular complexity index is 1900. The number of aryl methyl sites for hydroxylation is 2. The van der Waals surface area contributed by atoms with Gasteiger partial charge in [0.25, 0.3) is 0 Å². The van der Waals surface area contributed by atoms with Crippen LogP contribution in [0.4, 0.5) is 4.79 Å². The van der Waals surface area contributed by atoms with Gasteiger partial charge >= 0.3 is 24.0 Å². The number of amides is 1. The Hall–Kier alpha value is -5.50. The molecule has 1 unspecified atom stereocenters. The van der Waals surface area contributed by atoms with Crippen LogP contribution in [0.5, 0.6) is 0 Å². The van der Waals surface area contributed by atoms with Gasteiger partial charge in [-0.2, -0.15) is 0 Å². The van der Waals surface area contributed by atoms with E-state index in [-0.39, 0.29) is 6.54 Å². The van der Waals surface area contributed by atoms with Crippen LogP contribution < -0.4 is 11.1 Å². The number of alkyl carbamates (subject to hydrolysis) is 1. The lowest BCUT2D eigenvalue weighted by molar-refractivity contribution is -0.162. The van der Waals surface area contributed by atoms with E-state index in [1.807, 2.05) is 30.6 Å². The van der Waals surface area contributed by atoms with Crippen molar-refractivity contribution in [2.24, 2.45) is 17.6 Å². The van der Waals surface area contributed by atoms with Crippen LogP contribution in [-0.2, 0) is 62.4 Å². The summed E-state index contributed by atoms with van der Waals surface area (Å²) in [4.78, 5) is 54.7. The van der Waals surface area contributed by atoms with E-state index in [0.29, 0.717) is 38.6 Å². The number of benzene rings is 2. The van der Waals surface area contributed by atoms with Gasteiger partial charge in [0.05, 0.1) is 35.9 Å². The Balaban J connectivity index is 0.000000216. The topological polar surface area (TPSA) is 201 Å². The summed E-state index contributed by atoms with van der Waals surface area (Å²) in [5.74, 6) is -3.19. The molecule has 2 aromatic carbocycles. The second-order valence-corrected chi connectivity index (χ2v) is 13.3. The number of fused-ring (bicyclic) bond motifs is 6. The van der Waals surface area contributed by atoms with Crippen molar-refractivity contribution in [3.63, 3.8) is 0 Å². The summed E-state index contributed by atoms with van der Waals surface area (Å²) in [6.45, 7) is 3.44. The summed E-state index contributed by atoms with van der Waals surface area (Å²) >= 11 is 0. The molecule has 1 amide bonds. The highest BCUT2D eigenvalue weighted by Crippen LogP contribution is 2.29. The fourth-order valence-electron chi connectivity index (χ4n) is 6.97. The van der Waals surface area contributed by atoms with E-state index >= 15 is 0 Å². The number of carbonyl (C=O) groups is 4. The van der Waals surface area contributed by atoms with Crippen molar-refractivity contribution in [3.8, 4) is 11.4 Å². The van der Waals surface area contributed by atoms with E-state index in [1.54, 1.807) is 6.33 Å². The van der Waals surface area contributed by atoms with Crippen molar-refractivity contribution in [1.82, 2.24) is 24.4 Å². The largest absolute Gasteiger partial charge is 0.481 e. The monoisotopic (exact) mass is 728 g/mol. The van der Waals surface area contributed by atoms with Gasteiger partial charge in [0.2, 0.25) is 6.29 Å². The van der Waals surface area contributed by atoms with Crippen LogP contribution >= 0.6 is 0 Å². The van der Waals surface area contributed by atoms with Crippen molar-refractivity contribution in [1.29, 1.82) is 0 Å². The van der Waals surface area contributed by atoms with Gasteiger partial charge in [-0.05, 0) is 81.2 Å². The van der Waals surface area contributed by atoms with Crippen molar-refractivity contribution < 1.29 is 38.9 Å². The van der Waals surface area contributed by atoms with Crippen molar-refractivity contribution in [2.45, 2.75) is 84.3 Å². The summed E-state index contributed by atoms with van der Waals surface area (Å²) in [6, 6.07) is 16.4. The zero-order chi connectivity index (χ0) is 37.9. The van der Waals surface area contributed by atoms with Crippen LogP contribution in [0.2, 0.25) is 0 Å². The molecule has 2 aliphatic heterocycles. The number of hydrogen-bond acceptors (Lipinski definition) is 9. The first-order chi connectivity index (χ1) is 25.5. The molecule has 3 atom stereocenters. The normalized spacial score (nSPS) is 14.1. The summed E-state index contributed by atoms with van der Waals surface area (Å²) < 4.78 is 13.7. The number of hydrogen-bond donors (Lipinski definition) is 4. The second kappa shape index (κ2) is 18.3. The molecule has 0 bridgehead atoms. The van der Waals surface area contributed by atoms with E-state index in [2.05, 4.69) is 48.7 Å². The van der Waals surface area contributed by atoms with Crippen LogP contribution in [0.25, 0.3) is 11.4 Å². The maximum atomic E-state index is 11.8. The number of esters is 1. The van der Waals surface area contributed by atoms with Crippen molar-refractivity contribution in [3.05, 3.63) is 95.1 Å². The third kappa shape index (κ3) is 10.1. The first-order valence-electron chi connectivity index (χ1n) is 18.1. The molecule has 0 aliphatic carbocycles. The molecular formula is C39H48N6O8. The molecule has 0 saturated heterocycles. The molecule has 14 nitrogen and oxygen atoms in total. The molecule has 0 fully saturated rings. The highest BCUT2D eigenvalue weighted by molar-refractivity contribution is 5.71. The quantitative estimate of drug-likeness (QED) is 0.0759. The fraction of sp³-hybridized carbons (Fsp3) is 0.436. The number of carboxylic acids is 2. The minimum absolute atomic E-state index is 0.254. The van der Waals surface area contributed by atoms with Crippen LogP contribution in [-0.4, -0.2) is 72.7 Å². The Morgan fingerprint density at radius 2 is 1.26 bits per heavy atom. The lowest BCUT2D eigenvalue weighted by Crippen LogP contribution is -2.31. The van der Waals surface area contributed by atoms with Gasteiger partial charge in [-0.3, -0.25) is 14.4 Å². The zero-order valence-corrected chi connectivity index (χ0v) is 30.2. The zero-order valence-electron chi connectivity index (χ0n) is 30.2. The average Bonchev–Trinajstić information content (AvgIpc) is 3.75. The Morgan fingerprint density at radius 1 is 0.774 bits per heavy atom. The van der Waals surface area contributed by atoms with Gasteiger partial charge in [0.15, 0.2) is 0 Å². The maximum Gasteiger partial charge on any atom is 0.410 e. The van der Waals surface area contributed by atoms with Gasteiger partial charge in [0, 0.05) is 56.0 Å². The van der Waals surface area contributed by atoms with Gasteiger partial charge in [0.1, 0.15) is 0 Å². The number of rotatable bonds is 15. The maximum absolute atomic E-state index is 11.8. The number of aliphatic carboxylic acids is 2. The molecule has 2 aliphatic rings. The van der Waals surface area contributed by atoms with Crippen LogP contribution in [0.3, 0.4) is 0 Å². The minimum Gasteiger partial charge on any atom is -0.481 e. The molecule has 53 heavy (non-hydrogen) atoms. The Kier molecular flexibility index (Phi) is 13.4. The summed E-state index contributed by atoms with van der Waals surface area (Å²) in [5.41, 5.74) is 14.3. The van der Waals surface area contributed by atoms with E-state index in [1.165, 1.54) is 25.0 Å². The SMILES string of the molecule is CC(=O)OC(C)OC(=O)NCCC[C@@H](Cc1ncn2c1CCc1ccccc1-2)C(=O)O.NCCC[C@@H](Cc1ncn2c1CCc1ccccc1-2)C(=O)O. The van der Waals surface area contributed by atoms with Gasteiger partial charge in [-0.25, -0.2) is 14.8 Å². The Morgan fingerprint density at radius 3 is 1.74 bits per heavy atom. The molecule has 5 N–H and O–H groups in total. The molecule has 6 rings (SSSR count). The smallest absolute Gasteiger partial charge is 0.410 e. The standard InChI is InChI=1S/C22H27N3O6.C17H21N3O2/c1-14(26)30-15(2)31-22(29)23-11-5-7-17(21(27)28)12-18-20-10-9-16-6-3-4-8-19(16)25(20)13-24-18;18-9-3-5-13(17(21)22)10-14-16-8-7-12-4-1-2-6-15(12)20(16)11-19-14/h3-4,6,8,13,15,17H,5,7,9-12H2,1-2H3,(H,23,29)(H,27,28);1-2,4,6,11,13H,3,5,7-10,18H2,(H,21,22)/t15?,17-;13-/m00/s1. The van der Waals surface area contributed by atoms with Crippen LogP contribution in [0.15, 0.2) is 61.2 Å². The molecule has 2 aromatic heterocycles. The third-order valence-corrected chi connectivity index (χ3v) is 9.61. The predicted molar refractivity (Wildman–Crippen MR) is 195 cm³/mol. The second-order valence-electron chi connectivity index (χ2n) is 13.3. The lowest BCUT2D eigenvalue weighted by Gasteiger charge is -2.20. The number of ether oxygens (including phenoxy) is 2. The van der Waals surface area contributed by atoms with E-state index < -0.39 is 42.1 Å². The summed E-state index contributed by atoms with van der Waals surface area (Å²) in [7, 11) is 0. The number of aromatic nitrogens is 4. The molecule has 0 radical (unpaired) electrons. The number of carbonyl (C=O) groups excluding carboxylic acids is 2. The summed E-state index contributed by atoms with van der Waals surface area (Å²) in [5, 5.41) is 21.6. The van der Waals surface area contributed by atoms with Crippen LogP contribution in [0, 0.1) is 11.8 Å². The van der Waals surface area contributed by atoms with Crippen molar-refractivity contribution in [2.75, 3.05) is 13.1 Å². The van der Waals surface area contributed by atoms with Crippen molar-refractivity contribution >= 4 is 24.0 Å². The molecule has 4 heterocycles. The number of para-hydroxylation sites is 2. The molecular weight excluding hydrogens is 680 g/mol.